The highest BCUT2D eigenvalue weighted by molar-refractivity contribution is 7.86. The second-order valence-corrected chi connectivity index (χ2v) is 6.24. The Morgan fingerprint density at radius 3 is 2.39 bits per heavy atom. The summed E-state index contributed by atoms with van der Waals surface area (Å²) in [5, 5.41) is 6.94. The van der Waals surface area contributed by atoms with E-state index in [0.29, 0.717) is 23.9 Å². The van der Waals surface area contributed by atoms with Crippen LogP contribution < -0.4 is 10.9 Å². The molecule has 0 unspecified atom stereocenters. The number of amides is 1. The zero-order chi connectivity index (χ0) is 13.3. The van der Waals surface area contributed by atoms with Crippen molar-refractivity contribution >= 4 is 32.6 Å². The Kier molecular flexibility index (Phi) is 3.52. The second kappa shape index (κ2) is 4.80. The van der Waals surface area contributed by atoms with Crippen molar-refractivity contribution in [1.82, 2.24) is 14.2 Å². The Morgan fingerprint density at radius 1 is 1.33 bits per heavy atom. The zero-order valence-corrected chi connectivity index (χ0v) is 11.1. The third-order valence-electron chi connectivity index (χ3n) is 2.63. The number of anilines is 1. The van der Waals surface area contributed by atoms with Crippen molar-refractivity contribution in [3.8, 4) is 0 Å². The van der Waals surface area contributed by atoms with Crippen LogP contribution in [0.15, 0.2) is 5.38 Å². The van der Waals surface area contributed by atoms with Crippen molar-refractivity contribution in [2.75, 3.05) is 31.9 Å². The maximum atomic E-state index is 12.0. The van der Waals surface area contributed by atoms with Gasteiger partial charge in [-0.1, -0.05) is 0 Å². The Morgan fingerprint density at radius 2 is 1.94 bits per heavy atom. The molecule has 1 aliphatic rings. The fraction of sp³-hybridized carbons (Fsp3) is 0.500. The first-order chi connectivity index (χ1) is 8.38. The summed E-state index contributed by atoms with van der Waals surface area (Å²) in [5.41, 5.74) is 5.75. The first kappa shape index (κ1) is 13.2. The molecule has 0 saturated carbocycles. The van der Waals surface area contributed by atoms with Gasteiger partial charge in [0.25, 0.3) is 16.1 Å². The number of hydrogen-bond donors (Lipinski definition) is 2. The fourth-order valence-corrected chi connectivity index (χ4v) is 2.90. The van der Waals surface area contributed by atoms with Gasteiger partial charge in [0, 0.05) is 31.6 Å². The van der Waals surface area contributed by atoms with Crippen LogP contribution in [-0.4, -0.2) is 54.7 Å². The molecule has 0 bridgehead atoms. The van der Waals surface area contributed by atoms with Gasteiger partial charge < -0.3 is 10.6 Å². The smallest absolute Gasteiger partial charge is 0.277 e. The Balaban J connectivity index is 2.00. The van der Waals surface area contributed by atoms with Gasteiger partial charge in [-0.3, -0.25) is 4.79 Å². The molecule has 1 aromatic rings. The van der Waals surface area contributed by atoms with E-state index in [2.05, 4.69) is 4.98 Å². The van der Waals surface area contributed by atoms with Crippen molar-refractivity contribution in [3.63, 3.8) is 0 Å². The summed E-state index contributed by atoms with van der Waals surface area (Å²) in [6, 6.07) is 0. The topological polar surface area (TPSA) is 123 Å². The Hall–Kier alpha value is -1.23. The molecule has 0 atom stereocenters. The van der Waals surface area contributed by atoms with E-state index in [9.17, 15) is 13.2 Å². The summed E-state index contributed by atoms with van der Waals surface area (Å²) in [6.07, 6.45) is 0. The van der Waals surface area contributed by atoms with E-state index in [1.165, 1.54) is 16.2 Å². The minimum Gasteiger partial charge on any atom is -0.375 e. The third-order valence-corrected chi connectivity index (χ3v) is 4.39. The van der Waals surface area contributed by atoms with Crippen LogP contribution in [0.2, 0.25) is 0 Å². The molecule has 10 heteroatoms. The molecule has 2 rings (SSSR count). The van der Waals surface area contributed by atoms with Gasteiger partial charge in [-0.15, -0.1) is 11.3 Å². The fourth-order valence-electron chi connectivity index (χ4n) is 1.69. The van der Waals surface area contributed by atoms with Crippen LogP contribution in [0, 0.1) is 0 Å². The van der Waals surface area contributed by atoms with Gasteiger partial charge in [0.05, 0.1) is 0 Å². The average Bonchev–Trinajstić information content (AvgIpc) is 2.74. The molecule has 1 aromatic heterocycles. The number of nitrogens with two attached hydrogens (primary N) is 2. The van der Waals surface area contributed by atoms with E-state index in [1.807, 2.05) is 0 Å². The second-order valence-electron chi connectivity index (χ2n) is 3.81. The molecule has 0 radical (unpaired) electrons. The molecule has 1 saturated heterocycles. The minimum atomic E-state index is -3.67. The molecule has 2 heterocycles. The third kappa shape index (κ3) is 2.77. The lowest BCUT2D eigenvalue weighted by Crippen LogP contribution is -2.52. The largest absolute Gasteiger partial charge is 0.375 e. The van der Waals surface area contributed by atoms with Gasteiger partial charge in [-0.25, -0.2) is 10.1 Å². The summed E-state index contributed by atoms with van der Waals surface area (Å²) >= 11 is 1.19. The van der Waals surface area contributed by atoms with Crippen molar-refractivity contribution in [2.45, 2.75) is 0 Å². The number of piperazine rings is 1. The number of rotatable bonds is 2. The standard InChI is InChI=1S/C8H13N5O3S2/c9-8-11-6(5-17-8)7(14)12-1-3-13(4-2-12)18(10,15)16/h5H,1-4H2,(H2,9,11)(H2,10,15,16). The lowest BCUT2D eigenvalue weighted by Gasteiger charge is -2.32. The quantitative estimate of drug-likeness (QED) is 0.700. The molecule has 18 heavy (non-hydrogen) atoms. The number of thiazole rings is 1. The summed E-state index contributed by atoms with van der Waals surface area (Å²) < 4.78 is 23.4. The number of hydrogen-bond acceptors (Lipinski definition) is 6. The van der Waals surface area contributed by atoms with Crippen molar-refractivity contribution in [1.29, 1.82) is 0 Å². The van der Waals surface area contributed by atoms with Crippen LogP contribution in [0.3, 0.4) is 0 Å². The molecule has 8 nitrogen and oxygen atoms in total. The molecule has 1 fully saturated rings. The first-order valence-corrected chi connectivity index (χ1v) is 7.54. The van der Waals surface area contributed by atoms with Crippen LogP contribution in [0.5, 0.6) is 0 Å². The molecule has 1 amide bonds. The van der Waals surface area contributed by atoms with E-state index in [-0.39, 0.29) is 19.0 Å². The molecule has 0 aliphatic carbocycles. The molecule has 100 valence electrons. The number of nitrogen functional groups attached to an aromatic ring is 1. The average molecular weight is 291 g/mol. The van der Waals surface area contributed by atoms with E-state index in [1.54, 1.807) is 5.38 Å². The highest BCUT2D eigenvalue weighted by atomic mass is 32.2. The number of aromatic nitrogens is 1. The Bertz CT molecular complexity index is 547. The van der Waals surface area contributed by atoms with Gasteiger partial charge in [-0.05, 0) is 0 Å². The van der Waals surface area contributed by atoms with Crippen LogP contribution in [-0.2, 0) is 10.2 Å². The van der Waals surface area contributed by atoms with Crippen LogP contribution in [0.4, 0.5) is 5.13 Å². The van der Waals surface area contributed by atoms with Crippen molar-refractivity contribution in [2.24, 2.45) is 5.14 Å². The van der Waals surface area contributed by atoms with E-state index in [0.717, 1.165) is 4.31 Å². The molecule has 0 aromatic carbocycles. The van der Waals surface area contributed by atoms with E-state index in [4.69, 9.17) is 10.9 Å². The molecular formula is C8H13N5O3S2. The molecular weight excluding hydrogens is 278 g/mol. The zero-order valence-electron chi connectivity index (χ0n) is 9.44. The minimum absolute atomic E-state index is 0.199. The van der Waals surface area contributed by atoms with Crippen LogP contribution in [0.1, 0.15) is 10.5 Å². The summed E-state index contributed by atoms with van der Waals surface area (Å²) in [5.74, 6) is -0.239. The van der Waals surface area contributed by atoms with Gasteiger partial charge >= 0.3 is 0 Å². The molecule has 0 spiro atoms. The molecule has 4 N–H and O–H groups in total. The Labute approximate surface area is 108 Å². The predicted octanol–water partition coefficient (Wildman–Crippen LogP) is -1.31. The SMILES string of the molecule is Nc1nc(C(=O)N2CCN(S(N)(=O)=O)CC2)cs1. The predicted molar refractivity (Wildman–Crippen MR) is 67.1 cm³/mol. The van der Waals surface area contributed by atoms with Crippen LogP contribution >= 0.6 is 11.3 Å². The molecule has 1 aliphatic heterocycles. The maximum Gasteiger partial charge on any atom is 0.277 e. The number of carbonyl (C=O) groups is 1. The van der Waals surface area contributed by atoms with Crippen LogP contribution in [0.25, 0.3) is 0 Å². The number of nitrogens with zero attached hydrogens (tertiary/aromatic N) is 3. The van der Waals surface area contributed by atoms with Gasteiger partial charge in [0.1, 0.15) is 5.69 Å². The summed E-state index contributed by atoms with van der Waals surface area (Å²) in [4.78, 5) is 17.4. The van der Waals surface area contributed by atoms with Gasteiger partial charge in [0.2, 0.25) is 0 Å². The van der Waals surface area contributed by atoms with Crippen molar-refractivity contribution in [3.05, 3.63) is 11.1 Å². The summed E-state index contributed by atoms with van der Waals surface area (Å²) in [6.45, 7) is 0.994. The maximum absolute atomic E-state index is 12.0. The van der Waals surface area contributed by atoms with Gasteiger partial charge in [0.15, 0.2) is 5.13 Å². The van der Waals surface area contributed by atoms with E-state index >= 15 is 0 Å². The lowest BCUT2D eigenvalue weighted by molar-refractivity contribution is 0.0693. The van der Waals surface area contributed by atoms with Crippen molar-refractivity contribution < 1.29 is 13.2 Å². The summed E-state index contributed by atoms with van der Waals surface area (Å²) in [7, 11) is -3.67. The van der Waals surface area contributed by atoms with Gasteiger partial charge in [-0.2, -0.15) is 12.7 Å². The lowest BCUT2D eigenvalue weighted by atomic mass is 10.3. The normalized spacial score (nSPS) is 17.9. The monoisotopic (exact) mass is 291 g/mol. The number of carbonyl (C=O) groups excluding carboxylic acids is 1. The highest BCUT2D eigenvalue weighted by Crippen LogP contribution is 2.14. The highest BCUT2D eigenvalue weighted by Gasteiger charge is 2.27. The van der Waals surface area contributed by atoms with E-state index < -0.39 is 10.2 Å². The first-order valence-electron chi connectivity index (χ1n) is 5.16.